The first kappa shape index (κ1) is 13.5. The quantitative estimate of drug-likeness (QED) is 0.891. The first-order valence-corrected chi connectivity index (χ1v) is 6.94. The van der Waals surface area contributed by atoms with Gasteiger partial charge in [0.05, 0.1) is 24.1 Å². The van der Waals surface area contributed by atoms with Gasteiger partial charge in [0.25, 0.3) is 0 Å². The molecule has 1 saturated carbocycles. The van der Waals surface area contributed by atoms with Crippen molar-refractivity contribution < 1.29 is 4.74 Å². The van der Waals surface area contributed by atoms with Gasteiger partial charge in [0, 0.05) is 6.54 Å². The standard InChI is InChI=1S/C15H24N2O/c1-11-6-12(2)8-15(7-11)18-10-14-5-3-4-13(9-16)17-14/h3-5,11-12,15H,6-10,16H2,1-2H3. The van der Waals surface area contributed by atoms with Gasteiger partial charge in [-0.15, -0.1) is 0 Å². The van der Waals surface area contributed by atoms with Crippen LogP contribution in [0.5, 0.6) is 0 Å². The average molecular weight is 248 g/mol. The summed E-state index contributed by atoms with van der Waals surface area (Å²) in [5.41, 5.74) is 7.51. The fourth-order valence-electron chi connectivity index (χ4n) is 2.94. The number of hydrogen-bond acceptors (Lipinski definition) is 3. The molecule has 0 amide bonds. The van der Waals surface area contributed by atoms with Crippen LogP contribution in [0.4, 0.5) is 0 Å². The number of ether oxygens (including phenoxy) is 1. The third kappa shape index (κ3) is 3.79. The van der Waals surface area contributed by atoms with Gasteiger partial charge in [0.15, 0.2) is 0 Å². The van der Waals surface area contributed by atoms with E-state index in [0.29, 0.717) is 19.3 Å². The zero-order valence-corrected chi connectivity index (χ0v) is 11.4. The van der Waals surface area contributed by atoms with Crippen molar-refractivity contribution in [2.45, 2.75) is 52.4 Å². The Hall–Kier alpha value is -0.930. The van der Waals surface area contributed by atoms with Crippen LogP contribution in [0.3, 0.4) is 0 Å². The largest absolute Gasteiger partial charge is 0.372 e. The molecule has 0 saturated heterocycles. The minimum Gasteiger partial charge on any atom is -0.372 e. The van der Waals surface area contributed by atoms with E-state index in [1.165, 1.54) is 19.3 Å². The van der Waals surface area contributed by atoms with Crippen molar-refractivity contribution in [3.63, 3.8) is 0 Å². The Labute approximate surface area is 110 Å². The highest BCUT2D eigenvalue weighted by atomic mass is 16.5. The Balaban J connectivity index is 1.86. The van der Waals surface area contributed by atoms with E-state index in [-0.39, 0.29) is 0 Å². The predicted octanol–water partition coefficient (Wildman–Crippen LogP) is 2.88. The lowest BCUT2D eigenvalue weighted by molar-refractivity contribution is -0.0105. The van der Waals surface area contributed by atoms with E-state index in [0.717, 1.165) is 23.2 Å². The second kappa shape index (κ2) is 6.30. The van der Waals surface area contributed by atoms with E-state index in [1.54, 1.807) is 0 Å². The molecule has 18 heavy (non-hydrogen) atoms. The van der Waals surface area contributed by atoms with Gasteiger partial charge >= 0.3 is 0 Å². The molecule has 1 fully saturated rings. The van der Waals surface area contributed by atoms with Gasteiger partial charge in [-0.1, -0.05) is 19.9 Å². The molecule has 1 aliphatic carbocycles. The molecule has 2 rings (SSSR count). The molecule has 1 aromatic heterocycles. The van der Waals surface area contributed by atoms with Crippen LogP contribution in [0.25, 0.3) is 0 Å². The maximum atomic E-state index is 6.01. The Morgan fingerprint density at radius 2 is 1.83 bits per heavy atom. The lowest BCUT2D eigenvalue weighted by Gasteiger charge is -2.31. The van der Waals surface area contributed by atoms with E-state index in [1.807, 2.05) is 18.2 Å². The van der Waals surface area contributed by atoms with Crippen LogP contribution < -0.4 is 5.73 Å². The van der Waals surface area contributed by atoms with Crippen LogP contribution in [-0.4, -0.2) is 11.1 Å². The molecule has 0 spiro atoms. The molecular formula is C15H24N2O. The number of nitrogens with two attached hydrogens (primary N) is 1. The molecule has 1 heterocycles. The van der Waals surface area contributed by atoms with E-state index in [4.69, 9.17) is 10.5 Å². The maximum Gasteiger partial charge on any atom is 0.0891 e. The monoisotopic (exact) mass is 248 g/mol. The molecule has 0 bridgehead atoms. The topological polar surface area (TPSA) is 48.1 Å². The van der Waals surface area contributed by atoms with Gasteiger partial charge in [-0.05, 0) is 43.2 Å². The van der Waals surface area contributed by atoms with Gasteiger partial charge in [0.2, 0.25) is 0 Å². The lowest BCUT2D eigenvalue weighted by atomic mass is 9.82. The summed E-state index contributed by atoms with van der Waals surface area (Å²) in [5.74, 6) is 1.56. The van der Waals surface area contributed by atoms with E-state index >= 15 is 0 Å². The van der Waals surface area contributed by atoms with Gasteiger partial charge in [0.1, 0.15) is 0 Å². The molecule has 2 N–H and O–H groups in total. The van der Waals surface area contributed by atoms with Crippen LogP contribution in [0.15, 0.2) is 18.2 Å². The van der Waals surface area contributed by atoms with Crippen molar-refractivity contribution in [2.75, 3.05) is 0 Å². The fraction of sp³-hybridized carbons (Fsp3) is 0.667. The molecule has 100 valence electrons. The van der Waals surface area contributed by atoms with Crippen molar-refractivity contribution >= 4 is 0 Å². The minimum atomic E-state index is 0.395. The number of aromatic nitrogens is 1. The Bertz CT molecular complexity index is 371. The molecule has 0 aromatic carbocycles. The van der Waals surface area contributed by atoms with Crippen LogP contribution in [0, 0.1) is 11.8 Å². The smallest absolute Gasteiger partial charge is 0.0891 e. The Morgan fingerprint density at radius 1 is 1.17 bits per heavy atom. The van der Waals surface area contributed by atoms with Crippen molar-refractivity contribution in [1.82, 2.24) is 4.98 Å². The summed E-state index contributed by atoms with van der Waals surface area (Å²) >= 11 is 0. The van der Waals surface area contributed by atoms with Crippen LogP contribution in [0.2, 0.25) is 0 Å². The molecule has 0 aliphatic heterocycles. The third-order valence-corrected chi connectivity index (χ3v) is 3.68. The summed E-state index contributed by atoms with van der Waals surface area (Å²) in [7, 11) is 0. The molecule has 3 nitrogen and oxygen atoms in total. The number of hydrogen-bond donors (Lipinski definition) is 1. The number of pyridine rings is 1. The molecule has 2 unspecified atom stereocenters. The van der Waals surface area contributed by atoms with Gasteiger partial charge in [-0.3, -0.25) is 4.98 Å². The molecular weight excluding hydrogens is 224 g/mol. The number of nitrogens with zero attached hydrogens (tertiary/aromatic N) is 1. The van der Waals surface area contributed by atoms with Crippen LogP contribution in [-0.2, 0) is 17.9 Å². The highest BCUT2D eigenvalue weighted by molar-refractivity contribution is 5.10. The molecule has 1 aliphatic rings. The first-order chi connectivity index (χ1) is 8.67. The van der Waals surface area contributed by atoms with E-state index < -0.39 is 0 Å². The lowest BCUT2D eigenvalue weighted by Crippen LogP contribution is -2.26. The van der Waals surface area contributed by atoms with Crippen molar-refractivity contribution in [3.05, 3.63) is 29.6 Å². The van der Waals surface area contributed by atoms with Crippen molar-refractivity contribution in [1.29, 1.82) is 0 Å². The minimum absolute atomic E-state index is 0.395. The third-order valence-electron chi connectivity index (χ3n) is 3.68. The van der Waals surface area contributed by atoms with E-state index in [2.05, 4.69) is 18.8 Å². The normalized spacial score (nSPS) is 28.3. The Kier molecular flexibility index (Phi) is 4.72. The molecule has 0 radical (unpaired) electrons. The highest BCUT2D eigenvalue weighted by Gasteiger charge is 2.24. The zero-order chi connectivity index (χ0) is 13.0. The summed E-state index contributed by atoms with van der Waals surface area (Å²) in [6.07, 6.45) is 4.09. The SMILES string of the molecule is CC1CC(C)CC(OCc2cccc(CN)n2)C1. The maximum absolute atomic E-state index is 6.01. The second-order valence-electron chi connectivity index (χ2n) is 5.67. The second-order valence-corrected chi connectivity index (χ2v) is 5.67. The Morgan fingerprint density at radius 3 is 2.50 bits per heavy atom. The van der Waals surface area contributed by atoms with Crippen molar-refractivity contribution in [2.24, 2.45) is 17.6 Å². The molecule has 2 atom stereocenters. The summed E-state index contributed by atoms with van der Waals surface area (Å²) in [6, 6.07) is 5.96. The fourth-order valence-corrected chi connectivity index (χ4v) is 2.94. The van der Waals surface area contributed by atoms with E-state index in [9.17, 15) is 0 Å². The summed E-state index contributed by atoms with van der Waals surface area (Å²) in [6.45, 7) is 5.74. The zero-order valence-electron chi connectivity index (χ0n) is 11.4. The van der Waals surface area contributed by atoms with Crippen LogP contribution >= 0.6 is 0 Å². The van der Waals surface area contributed by atoms with Gasteiger partial charge in [-0.2, -0.15) is 0 Å². The highest BCUT2D eigenvalue weighted by Crippen LogP contribution is 2.30. The van der Waals surface area contributed by atoms with Crippen molar-refractivity contribution in [3.8, 4) is 0 Å². The summed E-state index contributed by atoms with van der Waals surface area (Å²) in [5, 5.41) is 0. The van der Waals surface area contributed by atoms with Gasteiger partial charge in [-0.25, -0.2) is 0 Å². The molecule has 1 aromatic rings. The molecule has 3 heteroatoms. The number of rotatable bonds is 4. The summed E-state index contributed by atoms with van der Waals surface area (Å²) in [4.78, 5) is 4.46. The van der Waals surface area contributed by atoms with Crippen LogP contribution in [0.1, 0.15) is 44.5 Å². The summed E-state index contributed by atoms with van der Waals surface area (Å²) < 4.78 is 6.01. The predicted molar refractivity (Wildman–Crippen MR) is 72.9 cm³/mol. The average Bonchev–Trinajstić information content (AvgIpc) is 2.35. The van der Waals surface area contributed by atoms with Gasteiger partial charge < -0.3 is 10.5 Å². The first-order valence-electron chi connectivity index (χ1n) is 6.94.